The van der Waals surface area contributed by atoms with Gasteiger partial charge in [0.15, 0.2) is 5.82 Å². The number of carboxylic acids is 1. The molecule has 2 rings (SSSR count). The molecule has 0 fully saturated rings. The van der Waals surface area contributed by atoms with Crippen LogP contribution in [-0.4, -0.2) is 26.0 Å². The van der Waals surface area contributed by atoms with Crippen LogP contribution in [0.3, 0.4) is 0 Å². The summed E-state index contributed by atoms with van der Waals surface area (Å²) in [6.45, 7) is 1.80. The van der Waals surface area contributed by atoms with Crippen molar-refractivity contribution in [1.29, 1.82) is 0 Å². The fourth-order valence-corrected chi connectivity index (χ4v) is 2.24. The van der Waals surface area contributed by atoms with Crippen molar-refractivity contribution in [1.82, 2.24) is 15.0 Å². The number of hydrogen-bond donors (Lipinski definition) is 1. The lowest BCUT2D eigenvalue weighted by Crippen LogP contribution is -2.00. The van der Waals surface area contributed by atoms with E-state index in [0.29, 0.717) is 17.0 Å². The Labute approximate surface area is 112 Å². The second-order valence-corrected chi connectivity index (χ2v) is 4.64. The number of nitrogens with zero attached hydrogens (tertiary/aromatic N) is 3. The molecule has 0 aromatic carbocycles. The number of halogens is 1. The van der Waals surface area contributed by atoms with Gasteiger partial charge in [-0.05, 0) is 18.6 Å². The summed E-state index contributed by atoms with van der Waals surface area (Å²) in [5.41, 5.74) is 0.250. The van der Waals surface area contributed by atoms with Crippen molar-refractivity contribution in [3.05, 3.63) is 41.9 Å². The van der Waals surface area contributed by atoms with Crippen LogP contribution in [0.25, 0.3) is 0 Å². The van der Waals surface area contributed by atoms with Crippen molar-refractivity contribution in [2.24, 2.45) is 0 Å². The van der Waals surface area contributed by atoms with Crippen molar-refractivity contribution >= 4 is 17.7 Å². The lowest BCUT2D eigenvalue weighted by molar-refractivity contribution is 0.0690. The van der Waals surface area contributed by atoms with Crippen LogP contribution in [0.15, 0.2) is 34.6 Å². The van der Waals surface area contributed by atoms with E-state index in [4.69, 9.17) is 5.11 Å². The van der Waals surface area contributed by atoms with Gasteiger partial charge in [-0.1, -0.05) is 18.7 Å². The molecule has 1 N–H and O–H groups in total. The lowest BCUT2D eigenvalue weighted by atomic mass is 10.3. The Bertz CT molecular complexity index is 622. The first-order valence-corrected chi connectivity index (χ1v) is 6.30. The molecule has 2 heterocycles. The van der Waals surface area contributed by atoms with Crippen LogP contribution >= 0.6 is 11.8 Å². The fourth-order valence-electron chi connectivity index (χ4n) is 1.41. The van der Waals surface area contributed by atoms with Gasteiger partial charge in [-0.15, -0.1) is 0 Å². The minimum atomic E-state index is -1.13. The van der Waals surface area contributed by atoms with Gasteiger partial charge in [-0.2, -0.15) is 0 Å². The third kappa shape index (κ3) is 3.05. The molecular weight excluding hydrogens is 269 g/mol. The van der Waals surface area contributed by atoms with Gasteiger partial charge in [-0.3, -0.25) is 0 Å². The second kappa shape index (κ2) is 5.75. The maximum absolute atomic E-state index is 13.9. The van der Waals surface area contributed by atoms with Gasteiger partial charge in [0, 0.05) is 11.1 Å². The zero-order chi connectivity index (χ0) is 13.8. The monoisotopic (exact) mass is 279 g/mol. The van der Waals surface area contributed by atoms with Crippen molar-refractivity contribution < 1.29 is 14.3 Å². The largest absolute Gasteiger partial charge is 0.477 e. The van der Waals surface area contributed by atoms with Crippen molar-refractivity contribution in [3.8, 4) is 0 Å². The average molecular weight is 279 g/mol. The van der Waals surface area contributed by atoms with Gasteiger partial charge >= 0.3 is 5.97 Å². The molecule has 0 amide bonds. The summed E-state index contributed by atoms with van der Waals surface area (Å²) in [4.78, 5) is 22.8. The van der Waals surface area contributed by atoms with Crippen LogP contribution in [-0.2, 0) is 6.42 Å². The van der Waals surface area contributed by atoms with E-state index < -0.39 is 11.8 Å². The maximum Gasteiger partial charge on any atom is 0.354 e. The molecule has 0 aliphatic rings. The van der Waals surface area contributed by atoms with E-state index in [9.17, 15) is 9.18 Å². The number of carbonyl (C=O) groups is 1. The first-order chi connectivity index (χ1) is 9.11. The molecule has 0 saturated carbocycles. The van der Waals surface area contributed by atoms with Gasteiger partial charge < -0.3 is 5.11 Å². The Kier molecular flexibility index (Phi) is 4.06. The van der Waals surface area contributed by atoms with Crippen LogP contribution in [0.1, 0.15) is 23.1 Å². The molecule has 2 aromatic rings. The molecule has 0 atom stereocenters. The first-order valence-electron chi connectivity index (χ1n) is 5.48. The number of rotatable bonds is 4. The molecule has 98 valence electrons. The smallest absolute Gasteiger partial charge is 0.354 e. The third-order valence-electron chi connectivity index (χ3n) is 2.33. The number of aryl methyl sites for hydroxylation is 1. The minimum Gasteiger partial charge on any atom is -0.477 e. The highest BCUT2D eigenvalue weighted by Gasteiger charge is 2.12. The molecule has 0 saturated heterocycles. The van der Waals surface area contributed by atoms with Crippen molar-refractivity contribution in [3.63, 3.8) is 0 Å². The zero-order valence-electron chi connectivity index (χ0n) is 10.00. The van der Waals surface area contributed by atoms with Gasteiger partial charge in [-0.25, -0.2) is 24.1 Å². The molecule has 0 radical (unpaired) electrons. The minimum absolute atomic E-state index is 0.0878. The highest BCUT2D eigenvalue weighted by Crippen LogP contribution is 2.28. The Hall–Kier alpha value is -2.02. The van der Waals surface area contributed by atoms with Gasteiger partial charge in [0.25, 0.3) is 0 Å². The SMILES string of the molecule is CCc1ncnc(Sc2ccnc(C(=O)O)c2)c1F. The van der Waals surface area contributed by atoms with Crippen LogP contribution in [0, 0.1) is 5.82 Å². The van der Waals surface area contributed by atoms with Crippen LogP contribution in [0.5, 0.6) is 0 Å². The Morgan fingerprint density at radius 1 is 1.42 bits per heavy atom. The van der Waals surface area contributed by atoms with Gasteiger partial charge in [0.1, 0.15) is 17.0 Å². The molecule has 2 aromatic heterocycles. The van der Waals surface area contributed by atoms with Gasteiger partial charge in [0.2, 0.25) is 0 Å². The van der Waals surface area contributed by atoms with Crippen LogP contribution < -0.4 is 0 Å². The highest BCUT2D eigenvalue weighted by molar-refractivity contribution is 7.99. The fraction of sp³-hybridized carbons (Fsp3) is 0.167. The maximum atomic E-state index is 13.9. The summed E-state index contributed by atoms with van der Waals surface area (Å²) in [7, 11) is 0. The second-order valence-electron chi connectivity index (χ2n) is 3.58. The van der Waals surface area contributed by atoms with Crippen LogP contribution in [0.4, 0.5) is 4.39 Å². The van der Waals surface area contributed by atoms with E-state index in [2.05, 4.69) is 15.0 Å². The van der Waals surface area contributed by atoms with E-state index in [-0.39, 0.29) is 10.7 Å². The molecule has 0 unspecified atom stereocenters. The van der Waals surface area contributed by atoms with E-state index in [1.807, 2.05) is 0 Å². The Morgan fingerprint density at radius 3 is 2.89 bits per heavy atom. The molecule has 7 heteroatoms. The molecule has 19 heavy (non-hydrogen) atoms. The third-order valence-corrected chi connectivity index (χ3v) is 3.30. The summed E-state index contributed by atoms with van der Waals surface area (Å²) in [6.07, 6.45) is 3.13. The predicted molar refractivity (Wildman–Crippen MR) is 66.7 cm³/mol. The Balaban J connectivity index is 2.31. The standard InChI is InChI=1S/C12H10FN3O2S/c1-2-8-10(13)11(16-6-15-8)19-7-3-4-14-9(5-7)12(17)18/h3-6H,2H2,1H3,(H,17,18). The molecule has 0 spiro atoms. The topological polar surface area (TPSA) is 76.0 Å². The zero-order valence-corrected chi connectivity index (χ0v) is 10.8. The number of pyridine rings is 1. The van der Waals surface area contributed by atoms with E-state index in [0.717, 1.165) is 11.8 Å². The average Bonchev–Trinajstić information content (AvgIpc) is 2.41. The summed E-state index contributed by atoms with van der Waals surface area (Å²) in [5, 5.41) is 9.02. The highest BCUT2D eigenvalue weighted by atomic mass is 32.2. The number of carboxylic acid groups (broad SMARTS) is 1. The van der Waals surface area contributed by atoms with E-state index in [1.54, 1.807) is 13.0 Å². The molecule has 0 aliphatic heterocycles. The molecular formula is C12H10FN3O2S. The van der Waals surface area contributed by atoms with Crippen LogP contribution in [0.2, 0.25) is 0 Å². The normalized spacial score (nSPS) is 10.4. The Morgan fingerprint density at radius 2 is 2.21 bits per heavy atom. The summed E-state index contributed by atoms with van der Waals surface area (Å²) >= 11 is 1.05. The number of aromatic carboxylic acids is 1. The number of hydrogen-bond acceptors (Lipinski definition) is 5. The van der Waals surface area contributed by atoms with Crippen molar-refractivity contribution in [2.45, 2.75) is 23.3 Å². The van der Waals surface area contributed by atoms with E-state index in [1.165, 1.54) is 18.6 Å². The summed E-state index contributed by atoms with van der Waals surface area (Å²) < 4.78 is 13.9. The molecule has 0 aliphatic carbocycles. The first kappa shape index (κ1) is 13.4. The predicted octanol–water partition coefficient (Wildman–Crippen LogP) is 2.42. The van der Waals surface area contributed by atoms with Crippen molar-refractivity contribution in [2.75, 3.05) is 0 Å². The van der Waals surface area contributed by atoms with Gasteiger partial charge in [0.05, 0.1) is 5.69 Å². The summed E-state index contributed by atoms with van der Waals surface area (Å²) in [5.74, 6) is -1.59. The number of aromatic nitrogens is 3. The summed E-state index contributed by atoms with van der Waals surface area (Å²) in [6, 6.07) is 2.98. The quantitative estimate of drug-likeness (QED) is 0.866. The lowest BCUT2D eigenvalue weighted by Gasteiger charge is -2.05. The molecule has 0 bridgehead atoms. The van der Waals surface area contributed by atoms with E-state index >= 15 is 0 Å². The molecule has 5 nitrogen and oxygen atoms in total.